The number of fused-ring (bicyclic) bond motifs is 2. The summed E-state index contributed by atoms with van der Waals surface area (Å²) < 4.78 is 5.64. The fourth-order valence-corrected chi connectivity index (χ4v) is 3.45. The summed E-state index contributed by atoms with van der Waals surface area (Å²) in [6, 6.07) is 0. The Morgan fingerprint density at radius 1 is 1.38 bits per heavy atom. The Kier molecular flexibility index (Phi) is 1.77. The first-order valence-electron chi connectivity index (χ1n) is 5.29. The first kappa shape index (κ1) is 9.11. The molecule has 0 aromatic heterocycles. The standard InChI is InChI=1S/C12H20O/c1-5-13-10-8-9-6-7-12(10,4)11(9,2)3/h5,9-10H,1,6-8H2,2-4H3. The van der Waals surface area contributed by atoms with Crippen LogP contribution in [0, 0.1) is 16.7 Å². The van der Waals surface area contributed by atoms with E-state index in [1.54, 1.807) is 6.26 Å². The van der Waals surface area contributed by atoms with Gasteiger partial charge in [-0.15, -0.1) is 0 Å². The van der Waals surface area contributed by atoms with Crippen molar-refractivity contribution in [1.82, 2.24) is 0 Å². The van der Waals surface area contributed by atoms with Crippen LogP contribution in [0.2, 0.25) is 0 Å². The van der Waals surface area contributed by atoms with Gasteiger partial charge in [-0.2, -0.15) is 0 Å². The lowest BCUT2D eigenvalue weighted by Gasteiger charge is -2.38. The van der Waals surface area contributed by atoms with E-state index in [2.05, 4.69) is 27.4 Å². The minimum atomic E-state index is 0.381. The van der Waals surface area contributed by atoms with Gasteiger partial charge >= 0.3 is 0 Å². The van der Waals surface area contributed by atoms with Crippen LogP contribution in [0.3, 0.4) is 0 Å². The topological polar surface area (TPSA) is 9.23 Å². The van der Waals surface area contributed by atoms with Gasteiger partial charge in [0.15, 0.2) is 0 Å². The van der Waals surface area contributed by atoms with Crippen LogP contribution < -0.4 is 0 Å². The van der Waals surface area contributed by atoms with Crippen molar-refractivity contribution < 1.29 is 4.74 Å². The summed E-state index contributed by atoms with van der Waals surface area (Å²) in [7, 11) is 0. The fourth-order valence-electron chi connectivity index (χ4n) is 3.45. The highest BCUT2D eigenvalue weighted by Crippen LogP contribution is 2.66. The second-order valence-electron chi connectivity index (χ2n) is 5.40. The Hall–Kier alpha value is -0.460. The summed E-state index contributed by atoms with van der Waals surface area (Å²) in [5.41, 5.74) is 0.840. The average Bonchev–Trinajstić information content (AvgIpc) is 2.37. The van der Waals surface area contributed by atoms with Gasteiger partial charge in [0.05, 0.1) is 6.26 Å². The Bertz CT molecular complexity index is 231. The van der Waals surface area contributed by atoms with E-state index in [1.165, 1.54) is 19.3 Å². The van der Waals surface area contributed by atoms with Crippen LogP contribution in [0.25, 0.3) is 0 Å². The monoisotopic (exact) mass is 180 g/mol. The zero-order valence-corrected chi connectivity index (χ0v) is 8.97. The van der Waals surface area contributed by atoms with Crippen LogP contribution in [0.1, 0.15) is 40.0 Å². The van der Waals surface area contributed by atoms with E-state index in [0.29, 0.717) is 16.9 Å². The third-order valence-electron chi connectivity index (χ3n) is 4.97. The summed E-state index contributed by atoms with van der Waals surface area (Å²) in [5, 5.41) is 0. The van der Waals surface area contributed by atoms with Gasteiger partial charge in [-0.1, -0.05) is 27.4 Å². The Morgan fingerprint density at radius 3 is 2.46 bits per heavy atom. The molecule has 0 heterocycles. The van der Waals surface area contributed by atoms with Crippen molar-refractivity contribution in [1.29, 1.82) is 0 Å². The molecule has 2 fully saturated rings. The van der Waals surface area contributed by atoms with E-state index in [0.717, 1.165) is 5.92 Å². The molecule has 3 atom stereocenters. The second kappa shape index (κ2) is 2.52. The minimum Gasteiger partial charge on any atom is -0.498 e. The van der Waals surface area contributed by atoms with Crippen LogP contribution in [-0.4, -0.2) is 6.10 Å². The van der Waals surface area contributed by atoms with E-state index in [4.69, 9.17) is 4.74 Å². The first-order valence-corrected chi connectivity index (χ1v) is 5.29. The van der Waals surface area contributed by atoms with Crippen molar-refractivity contribution in [3.63, 3.8) is 0 Å². The maximum Gasteiger partial charge on any atom is 0.104 e. The van der Waals surface area contributed by atoms with Crippen LogP contribution in [-0.2, 0) is 4.74 Å². The zero-order valence-electron chi connectivity index (χ0n) is 8.97. The lowest BCUT2D eigenvalue weighted by atomic mass is 9.70. The van der Waals surface area contributed by atoms with Gasteiger partial charge < -0.3 is 4.74 Å². The number of ether oxygens (including phenoxy) is 1. The quantitative estimate of drug-likeness (QED) is 0.592. The molecule has 13 heavy (non-hydrogen) atoms. The second-order valence-corrected chi connectivity index (χ2v) is 5.40. The molecule has 74 valence electrons. The predicted octanol–water partition coefficient (Wildman–Crippen LogP) is 3.36. The molecular formula is C12H20O. The molecule has 0 saturated heterocycles. The molecule has 0 radical (unpaired) electrons. The maximum absolute atomic E-state index is 5.64. The van der Waals surface area contributed by atoms with Crippen molar-refractivity contribution in [2.75, 3.05) is 0 Å². The van der Waals surface area contributed by atoms with Crippen molar-refractivity contribution in [2.45, 2.75) is 46.1 Å². The summed E-state index contributed by atoms with van der Waals surface area (Å²) >= 11 is 0. The summed E-state index contributed by atoms with van der Waals surface area (Å²) in [6.45, 7) is 10.8. The normalized spacial score (nSPS) is 46.4. The Morgan fingerprint density at radius 2 is 2.08 bits per heavy atom. The molecule has 2 bridgehead atoms. The van der Waals surface area contributed by atoms with Gasteiger partial charge in [0.25, 0.3) is 0 Å². The highest BCUT2D eigenvalue weighted by molar-refractivity contribution is 5.11. The smallest absolute Gasteiger partial charge is 0.104 e. The van der Waals surface area contributed by atoms with E-state index < -0.39 is 0 Å². The molecule has 1 nitrogen and oxygen atoms in total. The fraction of sp³-hybridized carbons (Fsp3) is 0.833. The lowest BCUT2D eigenvalue weighted by Crippen LogP contribution is -2.36. The molecule has 2 rings (SSSR count). The van der Waals surface area contributed by atoms with Crippen LogP contribution in [0.15, 0.2) is 12.8 Å². The van der Waals surface area contributed by atoms with Crippen molar-refractivity contribution in [2.24, 2.45) is 16.7 Å². The Labute approximate surface area is 81.2 Å². The lowest BCUT2D eigenvalue weighted by molar-refractivity contribution is 0.00178. The molecule has 0 spiro atoms. The molecule has 1 heteroatoms. The summed E-state index contributed by atoms with van der Waals surface area (Å²) in [4.78, 5) is 0. The molecule has 2 aliphatic rings. The number of hydrogen-bond donors (Lipinski definition) is 0. The molecule has 0 N–H and O–H groups in total. The van der Waals surface area contributed by atoms with Gasteiger partial charge in [-0.25, -0.2) is 0 Å². The molecular weight excluding hydrogens is 160 g/mol. The molecule has 2 aliphatic carbocycles. The molecule has 0 amide bonds. The molecule has 2 saturated carbocycles. The van der Waals surface area contributed by atoms with E-state index >= 15 is 0 Å². The van der Waals surface area contributed by atoms with Crippen molar-refractivity contribution in [3.05, 3.63) is 12.8 Å². The first-order chi connectivity index (χ1) is 6.02. The maximum atomic E-state index is 5.64. The Balaban J connectivity index is 2.27. The molecule has 0 aromatic carbocycles. The SMILES string of the molecule is C=COC1CC2CCC1(C)C2(C)C. The van der Waals surface area contributed by atoms with E-state index in [-0.39, 0.29) is 0 Å². The van der Waals surface area contributed by atoms with Gasteiger partial charge in [-0.05, 0) is 30.6 Å². The van der Waals surface area contributed by atoms with Crippen molar-refractivity contribution in [3.8, 4) is 0 Å². The van der Waals surface area contributed by atoms with Crippen LogP contribution >= 0.6 is 0 Å². The van der Waals surface area contributed by atoms with Gasteiger partial charge in [0.2, 0.25) is 0 Å². The largest absolute Gasteiger partial charge is 0.498 e. The third kappa shape index (κ3) is 0.934. The van der Waals surface area contributed by atoms with Crippen LogP contribution in [0.4, 0.5) is 0 Å². The summed E-state index contributed by atoms with van der Waals surface area (Å²) in [6.07, 6.45) is 5.98. The average molecular weight is 180 g/mol. The highest BCUT2D eigenvalue weighted by Gasteiger charge is 2.62. The van der Waals surface area contributed by atoms with Crippen molar-refractivity contribution >= 4 is 0 Å². The molecule has 0 aromatic rings. The van der Waals surface area contributed by atoms with E-state index in [9.17, 15) is 0 Å². The van der Waals surface area contributed by atoms with Gasteiger partial charge in [0.1, 0.15) is 6.10 Å². The highest BCUT2D eigenvalue weighted by atomic mass is 16.5. The zero-order chi connectivity index (χ0) is 9.69. The molecule has 0 aliphatic heterocycles. The third-order valence-corrected chi connectivity index (χ3v) is 4.97. The van der Waals surface area contributed by atoms with E-state index in [1.807, 2.05) is 0 Å². The van der Waals surface area contributed by atoms with Gasteiger partial charge in [-0.3, -0.25) is 0 Å². The summed E-state index contributed by atoms with van der Waals surface area (Å²) in [5.74, 6) is 0.863. The predicted molar refractivity (Wildman–Crippen MR) is 54.3 cm³/mol. The number of rotatable bonds is 2. The molecule has 3 unspecified atom stereocenters. The van der Waals surface area contributed by atoms with Crippen LogP contribution in [0.5, 0.6) is 0 Å². The number of hydrogen-bond acceptors (Lipinski definition) is 1. The van der Waals surface area contributed by atoms with Gasteiger partial charge in [0, 0.05) is 5.41 Å². The minimum absolute atomic E-state index is 0.381.